The van der Waals surface area contributed by atoms with E-state index in [-0.39, 0.29) is 0 Å². The molecule has 0 unspecified atom stereocenters. The summed E-state index contributed by atoms with van der Waals surface area (Å²) in [4.78, 5) is 0. The molecule has 2 nitrogen and oxygen atoms in total. The first-order valence-corrected chi connectivity index (χ1v) is 10.4. The number of fused-ring (bicyclic) bond motifs is 5. The third-order valence-corrected chi connectivity index (χ3v) is 6.44. The Morgan fingerprint density at radius 1 is 0.633 bits per heavy atom. The maximum Gasteiger partial charge on any atom is 0.147 e. The molecule has 0 aliphatic carbocycles. The van der Waals surface area contributed by atoms with E-state index in [0.29, 0.717) is 0 Å². The number of nitrogens with zero attached hydrogens (tertiary/aromatic N) is 2. The molecule has 4 aromatic carbocycles. The van der Waals surface area contributed by atoms with Crippen LogP contribution in [0.1, 0.15) is 0 Å². The van der Waals surface area contributed by atoms with Gasteiger partial charge in [-0.3, -0.25) is 4.48 Å². The van der Waals surface area contributed by atoms with Gasteiger partial charge >= 0.3 is 0 Å². The standard InChI is InChI=1S/C28H23N2/c1-30(2)25-14-7-6-13-24(25)27-26(30)16-15-21-17-18-29(28(21)27)23-12-8-11-22(19-23)20-9-4-3-5-10-20/h3-19H,1-2H3/q+1. The molecule has 0 spiro atoms. The predicted octanol–water partition coefficient (Wildman–Crippen LogP) is 7.18. The fraction of sp³-hybridized carbons (Fsp3) is 0.0714. The number of aromatic nitrogens is 1. The van der Waals surface area contributed by atoms with Crippen LogP contribution >= 0.6 is 0 Å². The fourth-order valence-corrected chi connectivity index (χ4v) is 4.93. The van der Waals surface area contributed by atoms with Crippen LogP contribution in [0.15, 0.2) is 103 Å². The lowest BCUT2D eigenvalue weighted by atomic mass is 10.0. The smallest absolute Gasteiger partial charge is 0.147 e. The highest BCUT2D eigenvalue weighted by Crippen LogP contribution is 2.53. The number of hydrogen-bond acceptors (Lipinski definition) is 0. The van der Waals surface area contributed by atoms with Crippen molar-refractivity contribution < 1.29 is 0 Å². The molecule has 1 aliphatic heterocycles. The van der Waals surface area contributed by atoms with Crippen molar-refractivity contribution in [3.05, 3.63) is 103 Å². The molecule has 144 valence electrons. The van der Waals surface area contributed by atoms with Crippen molar-refractivity contribution in [3.8, 4) is 27.9 Å². The Kier molecular flexibility index (Phi) is 3.56. The monoisotopic (exact) mass is 387 g/mol. The second-order valence-corrected chi connectivity index (χ2v) is 8.47. The molecule has 0 atom stereocenters. The molecule has 0 saturated heterocycles. The first-order valence-electron chi connectivity index (χ1n) is 10.4. The van der Waals surface area contributed by atoms with E-state index >= 15 is 0 Å². The van der Waals surface area contributed by atoms with E-state index in [1.54, 1.807) is 0 Å². The van der Waals surface area contributed by atoms with Gasteiger partial charge in [-0.1, -0.05) is 54.6 Å². The highest BCUT2D eigenvalue weighted by atomic mass is 15.3. The molecule has 2 heterocycles. The minimum absolute atomic E-state index is 0.774. The summed E-state index contributed by atoms with van der Waals surface area (Å²) < 4.78 is 3.12. The topological polar surface area (TPSA) is 4.93 Å². The molecule has 2 heteroatoms. The second kappa shape index (κ2) is 6.19. The molecule has 0 saturated carbocycles. The summed E-state index contributed by atoms with van der Waals surface area (Å²) in [6.07, 6.45) is 2.20. The summed E-state index contributed by atoms with van der Waals surface area (Å²) in [5, 5.41) is 1.27. The lowest BCUT2D eigenvalue weighted by Crippen LogP contribution is -2.31. The highest BCUT2D eigenvalue weighted by Gasteiger charge is 2.38. The minimum Gasteiger partial charge on any atom is -0.316 e. The predicted molar refractivity (Wildman–Crippen MR) is 127 cm³/mol. The lowest BCUT2D eigenvalue weighted by Gasteiger charge is -2.24. The molecule has 0 amide bonds. The van der Waals surface area contributed by atoms with E-state index in [0.717, 1.165) is 4.48 Å². The molecule has 1 aromatic heterocycles. The van der Waals surface area contributed by atoms with Gasteiger partial charge in [0.1, 0.15) is 11.4 Å². The zero-order valence-corrected chi connectivity index (χ0v) is 17.2. The normalized spacial score (nSPS) is 13.9. The second-order valence-electron chi connectivity index (χ2n) is 8.47. The van der Waals surface area contributed by atoms with Crippen molar-refractivity contribution in [2.24, 2.45) is 0 Å². The summed E-state index contributed by atoms with van der Waals surface area (Å²) in [7, 11) is 4.56. The molecule has 0 bridgehead atoms. The van der Waals surface area contributed by atoms with Crippen molar-refractivity contribution in [3.63, 3.8) is 0 Å². The Hall–Kier alpha value is -3.62. The van der Waals surface area contributed by atoms with Crippen LogP contribution in [0.4, 0.5) is 11.4 Å². The van der Waals surface area contributed by atoms with Gasteiger partial charge in [0, 0.05) is 29.4 Å². The number of rotatable bonds is 2. The van der Waals surface area contributed by atoms with Crippen LogP contribution in [-0.4, -0.2) is 18.7 Å². The lowest BCUT2D eigenvalue weighted by molar-refractivity contribution is 0.568. The number of hydrogen-bond donors (Lipinski definition) is 0. The van der Waals surface area contributed by atoms with Crippen molar-refractivity contribution in [2.75, 3.05) is 14.1 Å². The highest BCUT2D eigenvalue weighted by molar-refractivity contribution is 6.08. The molecular weight excluding hydrogens is 364 g/mol. The molecule has 1 aliphatic rings. The Morgan fingerprint density at radius 2 is 1.40 bits per heavy atom. The Bertz CT molecular complexity index is 1410. The van der Waals surface area contributed by atoms with Crippen molar-refractivity contribution in [1.29, 1.82) is 0 Å². The van der Waals surface area contributed by atoms with Gasteiger partial charge in [0.25, 0.3) is 0 Å². The molecule has 0 N–H and O–H groups in total. The summed E-state index contributed by atoms with van der Waals surface area (Å²) >= 11 is 0. The largest absolute Gasteiger partial charge is 0.316 e. The van der Waals surface area contributed by atoms with Gasteiger partial charge in [-0.25, -0.2) is 0 Å². The van der Waals surface area contributed by atoms with Gasteiger partial charge in [0.05, 0.1) is 30.7 Å². The van der Waals surface area contributed by atoms with E-state index in [4.69, 9.17) is 0 Å². The van der Waals surface area contributed by atoms with Gasteiger partial charge in [-0.15, -0.1) is 0 Å². The number of para-hydroxylation sites is 1. The molecule has 0 radical (unpaired) electrons. The molecule has 5 aromatic rings. The summed E-state index contributed by atoms with van der Waals surface area (Å²) in [6.45, 7) is 0. The van der Waals surface area contributed by atoms with Crippen LogP contribution in [0.5, 0.6) is 0 Å². The minimum atomic E-state index is 0.774. The van der Waals surface area contributed by atoms with Gasteiger partial charge in [-0.05, 0) is 41.5 Å². The van der Waals surface area contributed by atoms with E-state index in [1.807, 2.05) is 0 Å². The summed E-state index contributed by atoms with van der Waals surface area (Å²) in [5.41, 5.74) is 10.3. The molecule has 6 rings (SSSR count). The average Bonchev–Trinajstić information content (AvgIpc) is 3.32. The summed E-state index contributed by atoms with van der Waals surface area (Å²) in [5.74, 6) is 0. The van der Waals surface area contributed by atoms with Crippen LogP contribution in [0.2, 0.25) is 0 Å². The van der Waals surface area contributed by atoms with Crippen molar-refractivity contribution in [2.45, 2.75) is 0 Å². The Labute approximate surface area is 176 Å². The van der Waals surface area contributed by atoms with Crippen LogP contribution in [-0.2, 0) is 0 Å². The van der Waals surface area contributed by atoms with Crippen LogP contribution in [0, 0.1) is 0 Å². The average molecular weight is 388 g/mol. The first kappa shape index (κ1) is 17.3. The molecule has 0 fully saturated rings. The van der Waals surface area contributed by atoms with Crippen molar-refractivity contribution >= 4 is 22.3 Å². The Morgan fingerprint density at radius 3 is 2.27 bits per heavy atom. The number of benzene rings is 4. The zero-order valence-electron chi connectivity index (χ0n) is 17.2. The van der Waals surface area contributed by atoms with Gasteiger partial charge in [0.2, 0.25) is 0 Å². The first-order chi connectivity index (χ1) is 14.6. The zero-order chi connectivity index (χ0) is 20.3. The van der Waals surface area contributed by atoms with Crippen LogP contribution in [0.3, 0.4) is 0 Å². The SMILES string of the molecule is C[N+]1(C)c2ccccc2-c2c1ccc1ccn(-c3cccc(-c4ccccc4)c3)c21. The van der Waals surface area contributed by atoms with Gasteiger partial charge in [0.15, 0.2) is 0 Å². The molecule has 30 heavy (non-hydrogen) atoms. The third-order valence-electron chi connectivity index (χ3n) is 6.44. The third kappa shape index (κ3) is 2.35. The summed E-state index contributed by atoms with van der Waals surface area (Å²) in [6, 6.07) is 35.0. The van der Waals surface area contributed by atoms with Crippen molar-refractivity contribution in [1.82, 2.24) is 9.05 Å². The van der Waals surface area contributed by atoms with E-state index in [2.05, 4.69) is 122 Å². The van der Waals surface area contributed by atoms with Gasteiger partial charge < -0.3 is 4.57 Å². The van der Waals surface area contributed by atoms with Gasteiger partial charge in [-0.2, -0.15) is 0 Å². The van der Waals surface area contributed by atoms with Crippen LogP contribution in [0.25, 0.3) is 38.8 Å². The Balaban J connectivity index is 1.63. The molecular formula is C28H23N2+. The fourth-order valence-electron chi connectivity index (χ4n) is 4.93. The van der Waals surface area contributed by atoms with Crippen LogP contribution < -0.4 is 4.48 Å². The maximum absolute atomic E-state index is 2.35. The van der Waals surface area contributed by atoms with E-state index in [9.17, 15) is 0 Å². The maximum atomic E-state index is 2.35. The quantitative estimate of drug-likeness (QED) is 0.283. The van der Waals surface area contributed by atoms with E-state index in [1.165, 1.54) is 50.2 Å². The number of quaternary nitrogens is 1. The van der Waals surface area contributed by atoms with E-state index < -0.39 is 0 Å².